The van der Waals surface area contributed by atoms with E-state index in [9.17, 15) is 15.2 Å². The molecular weight excluding hydrogens is 425 g/mol. The second-order valence-corrected chi connectivity index (χ2v) is 8.67. The van der Waals surface area contributed by atoms with Crippen LogP contribution in [0, 0.1) is 0 Å². The molecule has 1 heterocycles. The first-order valence-corrected chi connectivity index (χ1v) is 11.2. The maximum absolute atomic E-state index is 10.1. The van der Waals surface area contributed by atoms with Gasteiger partial charge in [-0.15, -0.1) is 0 Å². The minimum absolute atomic E-state index is 0.0288. The minimum Gasteiger partial charge on any atom is -0.493 e. The first-order chi connectivity index (χ1) is 15.7. The normalized spacial score (nSPS) is 13.5. The minimum atomic E-state index is -1.48. The lowest BCUT2D eigenvalue weighted by molar-refractivity contribution is -0.00453. The van der Waals surface area contributed by atoms with Crippen molar-refractivity contribution in [3.8, 4) is 22.6 Å². The molecule has 0 aliphatic carbocycles. The second-order valence-electron chi connectivity index (χ2n) is 8.67. The molecule has 2 atom stereocenters. The molecular formula is C24H36BNO7. The maximum Gasteiger partial charge on any atom is 0.637 e. The Balaban J connectivity index is 2.12. The average molecular weight is 461 g/mol. The van der Waals surface area contributed by atoms with Crippen molar-refractivity contribution in [3.05, 3.63) is 42.2 Å². The summed E-state index contributed by atoms with van der Waals surface area (Å²) in [7, 11) is 0.120. The summed E-state index contributed by atoms with van der Waals surface area (Å²) in [5, 5.41) is 29.6. The van der Waals surface area contributed by atoms with Crippen LogP contribution in [0.4, 0.5) is 0 Å². The third kappa shape index (κ3) is 8.60. The zero-order chi connectivity index (χ0) is 24.4. The Morgan fingerprint density at radius 2 is 1.88 bits per heavy atom. The van der Waals surface area contributed by atoms with Crippen molar-refractivity contribution in [3.63, 3.8) is 0 Å². The molecule has 182 valence electrons. The summed E-state index contributed by atoms with van der Waals surface area (Å²) in [5.41, 5.74) is 1.74. The third-order valence-electron chi connectivity index (χ3n) is 5.06. The van der Waals surface area contributed by atoms with Gasteiger partial charge in [0.15, 0.2) is 11.5 Å². The van der Waals surface area contributed by atoms with Gasteiger partial charge in [-0.3, -0.25) is 4.98 Å². The number of pyridine rings is 1. The lowest BCUT2D eigenvalue weighted by Crippen LogP contribution is -2.38. The summed E-state index contributed by atoms with van der Waals surface area (Å²) in [4.78, 5) is 4.32. The fourth-order valence-electron chi connectivity index (χ4n) is 3.54. The van der Waals surface area contributed by atoms with Crippen molar-refractivity contribution >= 4 is 7.32 Å². The highest BCUT2D eigenvalue weighted by molar-refractivity contribution is 6.34. The van der Waals surface area contributed by atoms with Gasteiger partial charge in [0.05, 0.1) is 32.0 Å². The van der Waals surface area contributed by atoms with Crippen LogP contribution in [0.2, 0.25) is 0 Å². The van der Waals surface area contributed by atoms with Crippen LogP contribution in [0.3, 0.4) is 0 Å². The van der Waals surface area contributed by atoms with E-state index in [1.807, 2.05) is 31.2 Å². The van der Waals surface area contributed by atoms with Crippen molar-refractivity contribution < 1.29 is 34.0 Å². The van der Waals surface area contributed by atoms with E-state index in [1.165, 1.54) is 0 Å². The Labute approximate surface area is 196 Å². The lowest BCUT2D eigenvalue weighted by atomic mass is 9.97. The molecule has 0 saturated heterocycles. The van der Waals surface area contributed by atoms with Crippen LogP contribution in [-0.4, -0.2) is 66.2 Å². The van der Waals surface area contributed by atoms with Gasteiger partial charge in [-0.25, -0.2) is 0 Å². The van der Waals surface area contributed by atoms with Gasteiger partial charge in [-0.2, -0.15) is 0 Å². The summed E-state index contributed by atoms with van der Waals surface area (Å²) >= 11 is 0. The van der Waals surface area contributed by atoms with E-state index in [-0.39, 0.29) is 13.2 Å². The van der Waals surface area contributed by atoms with Gasteiger partial charge >= 0.3 is 7.32 Å². The first kappa shape index (κ1) is 27.1. The van der Waals surface area contributed by atoms with E-state index in [0.717, 1.165) is 23.1 Å². The van der Waals surface area contributed by atoms with E-state index < -0.39 is 24.9 Å². The molecule has 0 fully saturated rings. The van der Waals surface area contributed by atoms with Crippen molar-refractivity contribution in [2.75, 3.05) is 26.9 Å². The van der Waals surface area contributed by atoms with Crippen molar-refractivity contribution in [2.24, 2.45) is 0 Å². The van der Waals surface area contributed by atoms with E-state index in [2.05, 4.69) is 4.98 Å². The second kappa shape index (κ2) is 12.9. The zero-order valence-corrected chi connectivity index (χ0v) is 20.2. The van der Waals surface area contributed by atoms with E-state index >= 15 is 0 Å². The molecule has 9 heteroatoms. The highest BCUT2D eigenvalue weighted by Gasteiger charge is 2.30. The fraction of sp³-hybridized carbons (Fsp3) is 0.542. The molecule has 2 aromatic rings. The monoisotopic (exact) mass is 461 g/mol. The summed E-state index contributed by atoms with van der Waals surface area (Å²) in [6.45, 7) is 7.63. The number of rotatable bonds is 14. The van der Waals surface area contributed by atoms with E-state index in [4.69, 9.17) is 18.8 Å². The number of hydrogen-bond donors (Lipinski definition) is 3. The highest BCUT2D eigenvalue weighted by Crippen LogP contribution is 2.33. The van der Waals surface area contributed by atoms with Gasteiger partial charge in [0.2, 0.25) is 0 Å². The number of aromatic nitrogens is 1. The highest BCUT2D eigenvalue weighted by atomic mass is 16.7. The Morgan fingerprint density at radius 3 is 2.52 bits per heavy atom. The molecule has 0 amide bonds. The number of aliphatic hydroxyl groups excluding tert-OH is 2. The average Bonchev–Trinajstić information content (AvgIpc) is 2.76. The molecule has 33 heavy (non-hydrogen) atoms. The number of aliphatic hydroxyl groups is 2. The quantitative estimate of drug-likeness (QED) is 0.368. The molecule has 2 rings (SSSR count). The van der Waals surface area contributed by atoms with Gasteiger partial charge in [-0.1, -0.05) is 13.0 Å². The van der Waals surface area contributed by atoms with Crippen molar-refractivity contribution in [1.29, 1.82) is 0 Å². The van der Waals surface area contributed by atoms with Gasteiger partial charge in [0.1, 0.15) is 0 Å². The Kier molecular flexibility index (Phi) is 10.6. The van der Waals surface area contributed by atoms with Crippen LogP contribution in [0.15, 0.2) is 36.7 Å². The molecule has 0 saturated carbocycles. The van der Waals surface area contributed by atoms with Crippen LogP contribution in [0.25, 0.3) is 11.1 Å². The largest absolute Gasteiger partial charge is 0.637 e. The lowest BCUT2D eigenvalue weighted by Gasteiger charge is -2.28. The number of nitrogens with zero attached hydrogens (tertiary/aromatic N) is 1. The molecule has 1 aromatic heterocycles. The van der Waals surface area contributed by atoms with E-state index in [1.54, 1.807) is 40.3 Å². The molecule has 0 aliphatic heterocycles. The molecule has 0 bridgehead atoms. The van der Waals surface area contributed by atoms with Gasteiger partial charge in [0.25, 0.3) is 0 Å². The molecule has 1 aromatic carbocycles. The molecule has 0 radical (unpaired) electrons. The smallest absolute Gasteiger partial charge is 0.493 e. The molecule has 3 N–H and O–H groups in total. The third-order valence-corrected chi connectivity index (χ3v) is 5.06. The van der Waals surface area contributed by atoms with Crippen LogP contribution < -0.4 is 9.47 Å². The number of hydrogen-bond acceptors (Lipinski definition) is 8. The van der Waals surface area contributed by atoms with Crippen molar-refractivity contribution in [2.45, 2.75) is 58.2 Å². The standard InChI is InChI=1S/C24H36BNO7/c1-6-9-31-23-11-18(7-8-22(23)30-5)19-10-20(14-26-13-19)21(15-27)16-32-25(29)33-24(3,4)12-17(2)28/h7-8,10-11,13-14,17,21,27-29H,6,9,12,15-16H2,1-5H3/t17-,21-/m1/s1. The topological polar surface area (TPSA) is 111 Å². The molecule has 0 aliphatic rings. The molecule has 8 nitrogen and oxygen atoms in total. The first-order valence-electron chi connectivity index (χ1n) is 11.2. The van der Waals surface area contributed by atoms with Gasteiger partial charge in [-0.05, 0) is 56.5 Å². The number of benzene rings is 1. The van der Waals surface area contributed by atoms with E-state index in [0.29, 0.717) is 24.5 Å². The van der Waals surface area contributed by atoms with Crippen LogP contribution in [-0.2, 0) is 9.31 Å². The zero-order valence-electron chi connectivity index (χ0n) is 20.2. The maximum atomic E-state index is 10.1. The molecule has 0 unspecified atom stereocenters. The predicted octanol–water partition coefficient (Wildman–Crippen LogP) is 3.18. The fourth-order valence-corrected chi connectivity index (χ4v) is 3.54. The predicted molar refractivity (Wildman–Crippen MR) is 127 cm³/mol. The Bertz CT molecular complexity index is 862. The van der Waals surface area contributed by atoms with Gasteiger partial charge in [0, 0.05) is 36.9 Å². The molecule has 0 spiro atoms. The Hall–Kier alpha value is -2.17. The summed E-state index contributed by atoms with van der Waals surface area (Å²) in [6, 6.07) is 7.60. The summed E-state index contributed by atoms with van der Waals surface area (Å²) in [5.74, 6) is 0.902. The summed E-state index contributed by atoms with van der Waals surface area (Å²) < 4.78 is 22.1. The number of ether oxygens (including phenoxy) is 2. The SMILES string of the molecule is CCCOc1cc(-c2cncc([C@H](CO)COB(O)OC(C)(C)C[C@@H](C)O)c2)ccc1OC. The van der Waals surface area contributed by atoms with Crippen LogP contribution in [0.5, 0.6) is 11.5 Å². The van der Waals surface area contributed by atoms with Crippen LogP contribution >= 0.6 is 0 Å². The van der Waals surface area contributed by atoms with Crippen molar-refractivity contribution in [1.82, 2.24) is 4.98 Å². The van der Waals surface area contributed by atoms with Crippen LogP contribution in [0.1, 0.15) is 52.0 Å². The van der Waals surface area contributed by atoms with Gasteiger partial charge < -0.3 is 34.0 Å². The Morgan fingerprint density at radius 1 is 1.12 bits per heavy atom. The summed E-state index contributed by atoms with van der Waals surface area (Å²) in [6.07, 6.45) is 4.05. The number of methoxy groups -OCH3 is 1.